The Morgan fingerprint density at radius 3 is 2.61 bits per heavy atom. The first kappa shape index (κ1) is 19.8. The molecule has 2 aliphatic rings. The number of carbonyl (C=O) groups is 1. The van der Waals surface area contributed by atoms with Crippen LogP contribution in [0, 0.1) is 12.7 Å². The average Bonchev–Trinajstić information content (AvgIpc) is 3.36. The van der Waals surface area contributed by atoms with Gasteiger partial charge in [0.05, 0.1) is 5.52 Å². The quantitative estimate of drug-likeness (QED) is 0.670. The highest BCUT2D eigenvalue weighted by atomic mass is 19.1. The van der Waals surface area contributed by atoms with Crippen LogP contribution in [0.2, 0.25) is 0 Å². The molecule has 0 aliphatic carbocycles. The lowest BCUT2D eigenvalue weighted by molar-refractivity contribution is 0.204. The lowest BCUT2D eigenvalue weighted by Gasteiger charge is -2.28. The van der Waals surface area contributed by atoms with Crippen molar-refractivity contribution in [3.05, 3.63) is 66.1 Å². The second kappa shape index (κ2) is 8.19. The van der Waals surface area contributed by atoms with Gasteiger partial charge in [-0.3, -0.25) is 4.90 Å². The molecule has 2 amide bonds. The number of nitrogens with zero attached hydrogens (tertiary/aromatic N) is 3. The summed E-state index contributed by atoms with van der Waals surface area (Å²) in [5.74, 6) is -0.217. The largest absolute Gasteiger partial charge is 0.336 e. The van der Waals surface area contributed by atoms with Crippen LogP contribution in [0.5, 0.6) is 0 Å². The first-order chi connectivity index (χ1) is 15.1. The number of hydrogen-bond acceptors (Lipinski definition) is 2. The smallest absolute Gasteiger partial charge is 0.317 e. The van der Waals surface area contributed by atoms with Crippen molar-refractivity contribution in [2.75, 3.05) is 39.3 Å². The molecule has 2 aromatic carbocycles. The maximum atomic E-state index is 13.5. The average molecular weight is 419 g/mol. The summed E-state index contributed by atoms with van der Waals surface area (Å²) in [6.45, 7) is 7.16. The fourth-order valence-electron chi connectivity index (χ4n) is 4.55. The zero-order valence-corrected chi connectivity index (χ0v) is 17.8. The van der Waals surface area contributed by atoms with E-state index in [2.05, 4.69) is 52.2 Å². The van der Waals surface area contributed by atoms with Crippen LogP contribution in [0.15, 0.2) is 54.7 Å². The van der Waals surface area contributed by atoms with Crippen molar-refractivity contribution in [3.8, 4) is 11.1 Å². The van der Waals surface area contributed by atoms with Crippen molar-refractivity contribution >= 4 is 22.6 Å². The van der Waals surface area contributed by atoms with E-state index in [9.17, 15) is 9.18 Å². The van der Waals surface area contributed by atoms with Gasteiger partial charge in [-0.25, -0.2) is 9.18 Å². The third-order valence-electron chi connectivity index (χ3n) is 6.33. The molecule has 1 N–H and O–H groups in total. The van der Waals surface area contributed by atoms with E-state index in [0.717, 1.165) is 56.8 Å². The van der Waals surface area contributed by atoms with Gasteiger partial charge in [0.15, 0.2) is 0 Å². The SMILES string of the molecule is Cc1ccc2c(c1)c(-c1ccc(F)cc1)cn2C1=CCN(CCN2CCNC2=O)CC1. The molecule has 0 saturated carbocycles. The Labute approximate surface area is 181 Å². The number of hydrogen-bond donors (Lipinski definition) is 1. The number of carbonyl (C=O) groups excluding carboxylic acids is 1. The summed E-state index contributed by atoms with van der Waals surface area (Å²) in [5.41, 5.74) is 5.83. The summed E-state index contributed by atoms with van der Waals surface area (Å²) in [7, 11) is 0. The Kier molecular flexibility index (Phi) is 5.24. The van der Waals surface area contributed by atoms with Crippen molar-refractivity contribution < 1.29 is 9.18 Å². The normalized spacial score (nSPS) is 17.3. The van der Waals surface area contributed by atoms with Gasteiger partial charge < -0.3 is 14.8 Å². The summed E-state index contributed by atoms with van der Waals surface area (Å²) in [6.07, 6.45) is 5.43. The molecule has 5 rings (SSSR count). The zero-order chi connectivity index (χ0) is 21.4. The molecule has 31 heavy (non-hydrogen) atoms. The second-order valence-corrected chi connectivity index (χ2v) is 8.41. The summed E-state index contributed by atoms with van der Waals surface area (Å²) < 4.78 is 15.7. The number of aromatic nitrogens is 1. The van der Waals surface area contributed by atoms with Crippen LogP contribution < -0.4 is 5.32 Å². The van der Waals surface area contributed by atoms with E-state index in [0.29, 0.717) is 0 Å². The molecule has 3 heterocycles. The number of aryl methyl sites for hydroxylation is 1. The van der Waals surface area contributed by atoms with E-state index in [1.807, 2.05) is 17.0 Å². The monoisotopic (exact) mass is 418 g/mol. The lowest BCUT2D eigenvalue weighted by Crippen LogP contribution is -2.38. The highest BCUT2D eigenvalue weighted by Crippen LogP contribution is 2.34. The van der Waals surface area contributed by atoms with Crippen molar-refractivity contribution in [2.24, 2.45) is 0 Å². The van der Waals surface area contributed by atoms with Gasteiger partial charge in [0.25, 0.3) is 0 Å². The van der Waals surface area contributed by atoms with Gasteiger partial charge in [-0.2, -0.15) is 0 Å². The molecule has 0 bridgehead atoms. The Bertz CT molecular complexity index is 1150. The van der Waals surface area contributed by atoms with Crippen molar-refractivity contribution in [3.63, 3.8) is 0 Å². The molecule has 160 valence electrons. The number of amides is 2. The molecule has 3 aromatic rings. The summed E-state index contributed by atoms with van der Waals surface area (Å²) in [4.78, 5) is 16.0. The molecule has 1 aromatic heterocycles. The minimum atomic E-state index is -0.217. The predicted molar refractivity (Wildman–Crippen MR) is 122 cm³/mol. The summed E-state index contributed by atoms with van der Waals surface area (Å²) in [5, 5.41) is 4.05. The first-order valence-electron chi connectivity index (χ1n) is 10.9. The van der Waals surface area contributed by atoms with Crippen molar-refractivity contribution in [1.29, 1.82) is 0 Å². The van der Waals surface area contributed by atoms with E-state index in [1.165, 1.54) is 34.3 Å². The molecular weight excluding hydrogens is 391 g/mol. The Morgan fingerprint density at radius 2 is 1.90 bits per heavy atom. The first-order valence-corrected chi connectivity index (χ1v) is 10.9. The highest BCUT2D eigenvalue weighted by Gasteiger charge is 2.21. The molecule has 0 atom stereocenters. The molecular formula is C25H27FN4O. The Morgan fingerprint density at radius 1 is 1.06 bits per heavy atom. The van der Waals surface area contributed by atoms with Gasteiger partial charge in [0.1, 0.15) is 5.82 Å². The van der Waals surface area contributed by atoms with Crippen LogP contribution in [0.4, 0.5) is 9.18 Å². The number of fused-ring (bicyclic) bond motifs is 1. The van der Waals surface area contributed by atoms with Gasteiger partial charge in [-0.1, -0.05) is 29.8 Å². The number of benzene rings is 2. The summed E-state index contributed by atoms with van der Waals surface area (Å²) in [6, 6.07) is 13.3. The molecule has 0 radical (unpaired) electrons. The van der Waals surface area contributed by atoms with Gasteiger partial charge in [-0.05, 0) is 36.8 Å². The maximum absolute atomic E-state index is 13.5. The molecule has 5 nitrogen and oxygen atoms in total. The number of rotatable bonds is 5. The molecule has 6 heteroatoms. The Hall–Kier alpha value is -3.12. The fraction of sp³-hybridized carbons (Fsp3) is 0.320. The van der Waals surface area contributed by atoms with E-state index < -0.39 is 0 Å². The van der Waals surface area contributed by atoms with Gasteiger partial charge in [-0.15, -0.1) is 0 Å². The number of urea groups is 1. The van der Waals surface area contributed by atoms with E-state index >= 15 is 0 Å². The fourth-order valence-corrected chi connectivity index (χ4v) is 4.55. The highest BCUT2D eigenvalue weighted by molar-refractivity contribution is 5.98. The lowest BCUT2D eigenvalue weighted by atomic mass is 10.0. The third kappa shape index (κ3) is 3.95. The van der Waals surface area contributed by atoms with Gasteiger partial charge >= 0.3 is 6.03 Å². The topological polar surface area (TPSA) is 40.5 Å². The molecule has 0 spiro atoms. The maximum Gasteiger partial charge on any atom is 0.317 e. The molecule has 2 aliphatic heterocycles. The van der Waals surface area contributed by atoms with Crippen molar-refractivity contribution in [2.45, 2.75) is 13.3 Å². The minimum Gasteiger partial charge on any atom is -0.336 e. The van der Waals surface area contributed by atoms with Crippen LogP contribution in [0.3, 0.4) is 0 Å². The van der Waals surface area contributed by atoms with E-state index in [4.69, 9.17) is 0 Å². The molecule has 1 fully saturated rings. The predicted octanol–water partition coefficient (Wildman–Crippen LogP) is 4.33. The molecule has 1 saturated heterocycles. The van der Waals surface area contributed by atoms with Crippen LogP contribution >= 0.6 is 0 Å². The van der Waals surface area contributed by atoms with E-state index in [1.54, 1.807) is 0 Å². The number of nitrogens with one attached hydrogen (secondary N) is 1. The van der Waals surface area contributed by atoms with Gasteiger partial charge in [0, 0.05) is 68.5 Å². The Balaban J connectivity index is 1.39. The van der Waals surface area contributed by atoms with E-state index in [-0.39, 0.29) is 11.8 Å². The standard InChI is InChI=1S/C25H27FN4O/c1-18-2-7-24-22(16-18)23(19-3-5-20(26)6-4-19)17-30(24)21-8-11-28(12-9-21)14-15-29-13-10-27-25(29)31/h2-8,16-17H,9-15H2,1H3,(H,27,31). The van der Waals surface area contributed by atoms with Crippen LogP contribution in [-0.2, 0) is 0 Å². The van der Waals surface area contributed by atoms with Crippen molar-refractivity contribution in [1.82, 2.24) is 19.7 Å². The summed E-state index contributed by atoms with van der Waals surface area (Å²) >= 11 is 0. The third-order valence-corrected chi connectivity index (χ3v) is 6.33. The van der Waals surface area contributed by atoms with Crippen LogP contribution in [0.25, 0.3) is 27.7 Å². The number of halogens is 1. The van der Waals surface area contributed by atoms with Crippen LogP contribution in [0.1, 0.15) is 12.0 Å². The van der Waals surface area contributed by atoms with Crippen LogP contribution in [-0.4, -0.2) is 59.7 Å². The second-order valence-electron chi connectivity index (χ2n) is 8.41. The zero-order valence-electron chi connectivity index (χ0n) is 17.8. The minimum absolute atomic E-state index is 0.0515. The molecule has 0 unspecified atom stereocenters. The van der Waals surface area contributed by atoms with Gasteiger partial charge in [0.2, 0.25) is 0 Å².